The van der Waals surface area contributed by atoms with Crippen LogP contribution in [0.4, 0.5) is 0 Å². The molecule has 0 aliphatic rings. The molecule has 0 fully saturated rings. The first-order valence-electron chi connectivity index (χ1n) is 3.99. The maximum Gasteiger partial charge on any atom is 0.146 e. The van der Waals surface area contributed by atoms with Crippen LogP contribution in [-0.4, -0.2) is 24.0 Å². The first-order chi connectivity index (χ1) is 6.36. The van der Waals surface area contributed by atoms with Gasteiger partial charge < -0.3 is 14.6 Å². The predicted molar refractivity (Wildman–Crippen MR) is 46.8 cm³/mol. The van der Waals surface area contributed by atoms with Crippen LogP contribution in [0.2, 0.25) is 0 Å². The molecule has 1 N–H and O–H groups in total. The molecule has 0 atom stereocenters. The molecule has 13 heavy (non-hydrogen) atoms. The topological polar surface area (TPSA) is 51.6 Å². The van der Waals surface area contributed by atoms with E-state index in [1.54, 1.807) is 13.2 Å². The van der Waals surface area contributed by atoms with Crippen LogP contribution in [0.5, 0.6) is 0 Å². The summed E-state index contributed by atoms with van der Waals surface area (Å²) in [4.78, 5) is 4.13. The molecule has 0 unspecified atom stereocenters. The Hall–Kier alpha value is -0.970. The number of methoxy groups -OCH3 is 1. The predicted octanol–water partition coefficient (Wildman–Crippen LogP) is 0.694. The van der Waals surface area contributed by atoms with Crippen LogP contribution in [0.25, 0.3) is 0 Å². The van der Waals surface area contributed by atoms with E-state index in [9.17, 15) is 0 Å². The van der Waals surface area contributed by atoms with E-state index in [4.69, 9.17) is 14.6 Å². The van der Waals surface area contributed by atoms with Crippen molar-refractivity contribution in [3.63, 3.8) is 0 Å². The molecule has 0 bridgehead atoms. The van der Waals surface area contributed by atoms with E-state index in [0.29, 0.717) is 12.3 Å². The highest BCUT2D eigenvalue weighted by Crippen LogP contribution is 2.00. The van der Waals surface area contributed by atoms with E-state index in [1.165, 1.54) is 0 Å². The van der Waals surface area contributed by atoms with Gasteiger partial charge in [0.2, 0.25) is 0 Å². The number of aliphatic hydroxyl groups is 1. The van der Waals surface area contributed by atoms with Crippen LogP contribution in [0, 0.1) is 0 Å². The largest absolute Gasteiger partial charge is 0.390 e. The van der Waals surface area contributed by atoms with E-state index in [0.717, 1.165) is 5.69 Å². The second kappa shape index (κ2) is 5.64. The highest BCUT2D eigenvalue weighted by atomic mass is 16.7. The number of pyridine rings is 1. The van der Waals surface area contributed by atoms with Gasteiger partial charge in [0.25, 0.3) is 0 Å². The lowest BCUT2D eigenvalue weighted by Crippen LogP contribution is -2.00. The summed E-state index contributed by atoms with van der Waals surface area (Å²) >= 11 is 0. The van der Waals surface area contributed by atoms with Gasteiger partial charge in [0.05, 0.1) is 24.6 Å². The first-order valence-corrected chi connectivity index (χ1v) is 3.99. The molecule has 4 nitrogen and oxygen atoms in total. The minimum Gasteiger partial charge on any atom is -0.390 e. The Balaban J connectivity index is 2.46. The summed E-state index contributed by atoms with van der Waals surface area (Å²) in [5.74, 6) is 0. The van der Waals surface area contributed by atoms with E-state index in [2.05, 4.69) is 4.98 Å². The van der Waals surface area contributed by atoms with Gasteiger partial charge in [0.15, 0.2) is 0 Å². The number of aromatic nitrogens is 1. The molecule has 0 amide bonds. The molecule has 0 radical (unpaired) electrons. The highest BCUT2D eigenvalue weighted by molar-refractivity contribution is 5.09. The minimum absolute atomic E-state index is 0.0435. The van der Waals surface area contributed by atoms with Gasteiger partial charge in [-0.3, -0.25) is 4.98 Å². The number of ether oxygens (including phenoxy) is 2. The van der Waals surface area contributed by atoms with E-state index in [1.807, 2.05) is 12.1 Å². The lowest BCUT2D eigenvalue weighted by Gasteiger charge is -2.03. The van der Waals surface area contributed by atoms with Gasteiger partial charge >= 0.3 is 0 Å². The zero-order valence-electron chi connectivity index (χ0n) is 7.56. The van der Waals surface area contributed by atoms with Crippen molar-refractivity contribution in [3.05, 3.63) is 29.6 Å². The molecule has 1 rings (SSSR count). The number of rotatable bonds is 5. The Labute approximate surface area is 77.1 Å². The van der Waals surface area contributed by atoms with Gasteiger partial charge in [0, 0.05) is 7.11 Å². The molecule has 0 spiro atoms. The molecule has 0 saturated heterocycles. The molecule has 4 heteroatoms. The van der Waals surface area contributed by atoms with Gasteiger partial charge in [-0.2, -0.15) is 0 Å². The Morgan fingerprint density at radius 2 is 2.15 bits per heavy atom. The molecule has 0 aliphatic carbocycles. The molecule has 0 saturated carbocycles. The second-order valence-electron chi connectivity index (χ2n) is 2.53. The molecule has 0 aliphatic heterocycles. The van der Waals surface area contributed by atoms with E-state index < -0.39 is 0 Å². The molecular weight excluding hydrogens is 170 g/mol. The average Bonchev–Trinajstić information content (AvgIpc) is 2.19. The number of hydrogen-bond donors (Lipinski definition) is 1. The van der Waals surface area contributed by atoms with Gasteiger partial charge in [-0.1, -0.05) is 6.07 Å². The van der Waals surface area contributed by atoms with Crippen LogP contribution in [0.1, 0.15) is 11.4 Å². The number of aliphatic hydroxyl groups excluding tert-OH is 1. The van der Waals surface area contributed by atoms with Crippen LogP contribution < -0.4 is 0 Å². The summed E-state index contributed by atoms with van der Waals surface area (Å²) in [5.41, 5.74) is 1.45. The van der Waals surface area contributed by atoms with Crippen molar-refractivity contribution in [1.29, 1.82) is 0 Å². The maximum atomic E-state index is 8.81. The Morgan fingerprint density at radius 1 is 1.38 bits per heavy atom. The quantitative estimate of drug-likeness (QED) is 0.539. The monoisotopic (exact) mass is 183 g/mol. The molecule has 1 heterocycles. The molecule has 72 valence electrons. The van der Waals surface area contributed by atoms with Crippen molar-refractivity contribution in [1.82, 2.24) is 4.98 Å². The number of hydrogen-bond acceptors (Lipinski definition) is 4. The zero-order chi connectivity index (χ0) is 9.52. The van der Waals surface area contributed by atoms with Crippen molar-refractivity contribution in [2.45, 2.75) is 13.2 Å². The summed E-state index contributed by atoms with van der Waals surface area (Å²) in [6, 6.07) is 5.44. The lowest BCUT2D eigenvalue weighted by atomic mass is 10.3. The summed E-state index contributed by atoms with van der Waals surface area (Å²) in [7, 11) is 1.57. The van der Waals surface area contributed by atoms with Crippen molar-refractivity contribution in [3.8, 4) is 0 Å². The van der Waals surface area contributed by atoms with Crippen molar-refractivity contribution < 1.29 is 14.6 Å². The highest BCUT2D eigenvalue weighted by Gasteiger charge is 1.96. The molecule has 0 aromatic carbocycles. The van der Waals surface area contributed by atoms with E-state index in [-0.39, 0.29) is 13.4 Å². The summed E-state index contributed by atoms with van der Waals surface area (Å²) in [6.45, 7) is 0.616. The SMILES string of the molecule is COCOCc1cccc(CO)n1. The first kappa shape index (κ1) is 10.1. The molecular formula is C9H13NO3. The molecule has 1 aromatic rings. The van der Waals surface area contributed by atoms with Gasteiger partial charge in [-0.25, -0.2) is 0 Å². The lowest BCUT2D eigenvalue weighted by molar-refractivity contribution is -0.0401. The minimum atomic E-state index is -0.0435. The normalized spacial score (nSPS) is 10.3. The Bertz CT molecular complexity index is 252. The average molecular weight is 183 g/mol. The van der Waals surface area contributed by atoms with Gasteiger partial charge in [0.1, 0.15) is 6.79 Å². The Kier molecular flexibility index (Phi) is 4.39. The van der Waals surface area contributed by atoms with E-state index >= 15 is 0 Å². The second-order valence-corrected chi connectivity index (χ2v) is 2.53. The molecule has 1 aromatic heterocycles. The van der Waals surface area contributed by atoms with Gasteiger partial charge in [-0.05, 0) is 12.1 Å². The summed E-state index contributed by atoms with van der Waals surface area (Å²) < 4.78 is 9.82. The van der Waals surface area contributed by atoms with Crippen LogP contribution >= 0.6 is 0 Å². The fourth-order valence-corrected chi connectivity index (χ4v) is 0.927. The standard InChI is InChI=1S/C9H13NO3/c1-12-7-13-6-9-4-2-3-8(5-11)10-9/h2-4,11H,5-7H2,1H3. The van der Waals surface area contributed by atoms with Crippen LogP contribution in [0.15, 0.2) is 18.2 Å². The third-order valence-corrected chi connectivity index (χ3v) is 1.48. The third-order valence-electron chi connectivity index (χ3n) is 1.48. The van der Waals surface area contributed by atoms with Crippen molar-refractivity contribution in [2.75, 3.05) is 13.9 Å². The van der Waals surface area contributed by atoms with Crippen LogP contribution in [0.3, 0.4) is 0 Å². The van der Waals surface area contributed by atoms with Crippen molar-refractivity contribution >= 4 is 0 Å². The maximum absolute atomic E-state index is 8.81. The fraction of sp³-hybridized carbons (Fsp3) is 0.444. The zero-order valence-corrected chi connectivity index (χ0v) is 7.56. The van der Waals surface area contributed by atoms with Crippen molar-refractivity contribution in [2.24, 2.45) is 0 Å². The Morgan fingerprint density at radius 3 is 2.85 bits per heavy atom. The summed E-state index contributed by atoms with van der Waals surface area (Å²) in [5, 5.41) is 8.81. The number of nitrogens with zero attached hydrogens (tertiary/aromatic N) is 1. The van der Waals surface area contributed by atoms with Gasteiger partial charge in [-0.15, -0.1) is 0 Å². The fourth-order valence-electron chi connectivity index (χ4n) is 0.927. The van der Waals surface area contributed by atoms with Crippen LogP contribution in [-0.2, 0) is 22.7 Å². The third kappa shape index (κ3) is 3.50. The smallest absolute Gasteiger partial charge is 0.146 e. The summed E-state index contributed by atoms with van der Waals surface area (Å²) in [6.07, 6.45) is 0.